The first-order valence-electron chi connectivity index (χ1n) is 6.43. The summed E-state index contributed by atoms with van der Waals surface area (Å²) in [6.45, 7) is 3.07. The summed E-state index contributed by atoms with van der Waals surface area (Å²) in [5, 5.41) is 0. The maximum atomic E-state index is 11.0. The van der Waals surface area contributed by atoms with Crippen molar-refractivity contribution in [3.63, 3.8) is 0 Å². The topological polar surface area (TPSA) is 127 Å². The average molecular weight is 378 g/mol. The molecule has 1 aromatic rings. The summed E-state index contributed by atoms with van der Waals surface area (Å²) in [5.74, 6) is 0.327. The van der Waals surface area contributed by atoms with Crippen LogP contribution in [0.2, 0.25) is 0 Å². The van der Waals surface area contributed by atoms with Gasteiger partial charge in [-0.15, -0.1) is 0 Å². The van der Waals surface area contributed by atoms with Gasteiger partial charge >= 0.3 is 49.8 Å². The summed E-state index contributed by atoms with van der Waals surface area (Å²) in [5.41, 5.74) is -2.78. The van der Waals surface area contributed by atoms with Gasteiger partial charge in [-0.3, -0.25) is 9.11 Å². The normalized spacial score (nSPS) is 14.4. The van der Waals surface area contributed by atoms with Gasteiger partial charge in [0.05, 0.1) is 0 Å². The van der Waals surface area contributed by atoms with Gasteiger partial charge in [-0.1, -0.05) is 13.8 Å². The molecule has 0 saturated heterocycles. The summed E-state index contributed by atoms with van der Waals surface area (Å²) in [4.78, 5) is 0. The Morgan fingerprint density at radius 2 is 1.09 bits per heavy atom. The van der Waals surface area contributed by atoms with Crippen LogP contribution in [0.5, 0.6) is 11.5 Å². The molecule has 0 amide bonds. The minimum absolute atomic E-state index is 0. The maximum absolute atomic E-state index is 11.0. The van der Waals surface area contributed by atoms with E-state index in [0.29, 0.717) is 0 Å². The van der Waals surface area contributed by atoms with E-state index >= 15 is 0 Å². The van der Waals surface area contributed by atoms with Crippen molar-refractivity contribution in [1.29, 1.82) is 0 Å². The first-order valence-corrected chi connectivity index (χ1v) is 9.44. The molecule has 0 heterocycles. The molecule has 0 aliphatic rings. The molecule has 11 heteroatoms. The quantitative estimate of drug-likeness (QED) is 0.507. The standard InChI is InChI=1S/C12H18O8S2.Na.H/c1-3-11(21(13,14)15)19-9-5-7-10(8-6-9)20-12(4-2)22(16,17)18;;/h5-8,11-12H,3-4H2,1-2H3,(H,13,14,15)(H,16,17,18);;. The van der Waals surface area contributed by atoms with Crippen molar-refractivity contribution >= 4 is 49.8 Å². The number of hydrogen-bond donors (Lipinski definition) is 2. The van der Waals surface area contributed by atoms with E-state index in [2.05, 4.69) is 0 Å². The van der Waals surface area contributed by atoms with Gasteiger partial charge in [0.25, 0.3) is 0 Å². The van der Waals surface area contributed by atoms with Crippen LogP contribution in [0.25, 0.3) is 0 Å². The Morgan fingerprint density at radius 1 is 0.826 bits per heavy atom. The van der Waals surface area contributed by atoms with Crippen molar-refractivity contribution < 1.29 is 35.4 Å². The molecule has 0 aliphatic carbocycles. The van der Waals surface area contributed by atoms with Crippen LogP contribution in [-0.2, 0) is 20.2 Å². The van der Waals surface area contributed by atoms with Gasteiger partial charge in [-0.2, -0.15) is 16.8 Å². The molecule has 2 N–H and O–H groups in total. The fraction of sp³-hybridized carbons (Fsp3) is 0.500. The summed E-state index contributed by atoms with van der Waals surface area (Å²) in [7, 11) is -8.66. The third-order valence-electron chi connectivity index (χ3n) is 2.69. The minimum atomic E-state index is -4.33. The summed E-state index contributed by atoms with van der Waals surface area (Å²) in [6, 6.07) is 5.44. The molecule has 2 unspecified atom stereocenters. The van der Waals surface area contributed by atoms with Gasteiger partial charge < -0.3 is 9.47 Å². The van der Waals surface area contributed by atoms with Crippen LogP contribution in [0.1, 0.15) is 26.7 Å². The van der Waals surface area contributed by atoms with Gasteiger partial charge in [-0.05, 0) is 37.1 Å². The molecule has 2 atom stereocenters. The van der Waals surface area contributed by atoms with Crippen molar-refractivity contribution in [2.45, 2.75) is 37.6 Å². The number of hydrogen-bond acceptors (Lipinski definition) is 6. The molecule has 0 aromatic heterocycles. The third-order valence-corrected chi connectivity index (χ3v) is 4.88. The zero-order valence-electron chi connectivity index (χ0n) is 12.0. The number of ether oxygens (including phenoxy) is 2. The Bertz CT molecular complexity index is 623. The van der Waals surface area contributed by atoms with Gasteiger partial charge in [0.1, 0.15) is 11.5 Å². The summed E-state index contributed by atoms with van der Waals surface area (Å²) < 4.78 is 72.3. The van der Waals surface area contributed by atoms with Crippen LogP contribution < -0.4 is 9.47 Å². The van der Waals surface area contributed by atoms with Crippen LogP contribution in [0, 0.1) is 0 Å². The van der Waals surface area contributed by atoms with E-state index in [1.54, 1.807) is 0 Å². The molecule has 23 heavy (non-hydrogen) atoms. The Kier molecular flexibility index (Phi) is 9.06. The van der Waals surface area contributed by atoms with Crippen LogP contribution in [0.3, 0.4) is 0 Å². The second-order valence-electron chi connectivity index (χ2n) is 4.41. The molecule has 0 spiro atoms. The van der Waals surface area contributed by atoms with E-state index in [9.17, 15) is 16.8 Å². The van der Waals surface area contributed by atoms with Gasteiger partial charge in [0.15, 0.2) is 0 Å². The Labute approximate surface area is 158 Å². The van der Waals surface area contributed by atoms with Crippen molar-refractivity contribution in [3.8, 4) is 11.5 Å². The first kappa shape index (κ1) is 22.6. The van der Waals surface area contributed by atoms with E-state index in [0.717, 1.165) is 0 Å². The molecule has 0 fully saturated rings. The summed E-state index contributed by atoms with van der Waals surface area (Å²) in [6.07, 6.45) is 0.107. The van der Waals surface area contributed by atoms with Gasteiger partial charge in [-0.25, -0.2) is 0 Å². The van der Waals surface area contributed by atoms with Gasteiger partial charge in [0, 0.05) is 0 Å². The van der Waals surface area contributed by atoms with Crippen molar-refractivity contribution in [2.75, 3.05) is 0 Å². The number of rotatable bonds is 8. The zero-order valence-corrected chi connectivity index (χ0v) is 13.7. The van der Waals surface area contributed by atoms with Crippen LogP contribution in [0.15, 0.2) is 24.3 Å². The molecule has 0 bridgehead atoms. The molecule has 0 radical (unpaired) electrons. The summed E-state index contributed by atoms with van der Waals surface area (Å²) >= 11 is 0. The van der Waals surface area contributed by atoms with Crippen molar-refractivity contribution in [2.24, 2.45) is 0 Å². The average Bonchev–Trinajstić information content (AvgIpc) is 2.40. The van der Waals surface area contributed by atoms with E-state index in [1.807, 2.05) is 0 Å². The molecule has 128 valence electrons. The fourth-order valence-corrected chi connectivity index (χ4v) is 2.92. The SMILES string of the molecule is CCC(Oc1ccc(OC(CC)S(=O)(=O)O)cc1)S(=O)(=O)O.[NaH]. The van der Waals surface area contributed by atoms with Crippen LogP contribution >= 0.6 is 0 Å². The molecule has 0 saturated carbocycles. The zero-order chi connectivity index (χ0) is 17.0. The molecule has 8 nitrogen and oxygen atoms in total. The predicted octanol–water partition coefficient (Wildman–Crippen LogP) is 1.04. The molecule has 1 rings (SSSR count). The predicted molar refractivity (Wildman–Crippen MR) is 86.1 cm³/mol. The Morgan fingerprint density at radius 3 is 1.26 bits per heavy atom. The van der Waals surface area contributed by atoms with Crippen molar-refractivity contribution in [3.05, 3.63) is 24.3 Å². The van der Waals surface area contributed by atoms with Crippen LogP contribution in [-0.4, -0.2) is 66.4 Å². The van der Waals surface area contributed by atoms with E-state index in [-0.39, 0.29) is 53.9 Å². The van der Waals surface area contributed by atoms with Crippen LogP contribution in [0.4, 0.5) is 0 Å². The monoisotopic (exact) mass is 378 g/mol. The van der Waals surface area contributed by atoms with Crippen molar-refractivity contribution in [1.82, 2.24) is 0 Å². The molecule has 0 aliphatic heterocycles. The fourth-order valence-electron chi connectivity index (χ4n) is 1.61. The first-order chi connectivity index (χ1) is 10.1. The molecule has 1 aromatic carbocycles. The van der Waals surface area contributed by atoms with E-state index in [1.165, 1.54) is 38.1 Å². The molecular formula is C12H19NaO8S2. The van der Waals surface area contributed by atoms with E-state index < -0.39 is 31.1 Å². The third kappa shape index (κ3) is 7.38. The molecular weight excluding hydrogens is 359 g/mol. The Balaban J connectivity index is 0.00000484. The van der Waals surface area contributed by atoms with E-state index in [4.69, 9.17) is 18.6 Å². The second kappa shape index (κ2) is 9.21. The second-order valence-corrected chi connectivity index (χ2v) is 7.52. The van der Waals surface area contributed by atoms with Gasteiger partial charge in [0.2, 0.25) is 10.9 Å². The number of benzene rings is 1. The Hall–Kier alpha value is -0.360.